The first-order valence-electron chi connectivity index (χ1n) is 15.7. The molecule has 1 heterocycles. The molecule has 0 aliphatic heterocycles. The summed E-state index contributed by atoms with van der Waals surface area (Å²) in [5.74, 6) is 3.49. The van der Waals surface area contributed by atoms with E-state index in [-0.39, 0.29) is 0 Å². The Balaban J connectivity index is 1.72. The van der Waals surface area contributed by atoms with Gasteiger partial charge >= 0.3 is 0 Å². The predicted molar refractivity (Wildman–Crippen MR) is 174 cm³/mol. The number of aryl methyl sites for hydroxylation is 4. The molecule has 4 aromatic rings. The number of hydrogen-bond acceptors (Lipinski definition) is 5. The average molecular weight is 566 g/mol. The Morgan fingerprint density at radius 2 is 1.00 bits per heavy atom. The van der Waals surface area contributed by atoms with Gasteiger partial charge < -0.3 is 9.47 Å². The standard InChI is InChI=1S/C37H47N3O2/c1-7-9-11-12-13-14-22-41-30-17-20-33(34(25-30)42-21-10-8-2)37-39-35(31-18-15-26(3)23-28(31)5)38-36(40-37)32-19-16-27(4)24-29(32)6/h15-20,23-25H,7-14,21-22H2,1-6H3. The summed E-state index contributed by atoms with van der Waals surface area (Å²) < 4.78 is 12.5. The lowest BCUT2D eigenvalue weighted by Crippen LogP contribution is -2.05. The number of hydrogen-bond donors (Lipinski definition) is 0. The molecule has 0 fully saturated rings. The van der Waals surface area contributed by atoms with E-state index in [1.54, 1.807) is 0 Å². The third-order valence-corrected chi connectivity index (χ3v) is 7.60. The van der Waals surface area contributed by atoms with Crippen molar-refractivity contribution in [3.05, 3.63) is 76.9 Å². The highest BCUT2D eigenvalue weighted by Gasteiger charge is 2.18. The first-order valence-corrected chi connectivity index (χ1v) is 15.7. The van der Waals surface area contributed by atoms with Crippen molar-refractivity contribution in [2.24, 2.45) is 0 Å². The minimum Gasteiger partial charge on any atom is -0.493 e. The van der Waals surface area contributed by atoms with E-state index in [1.165, 1.54) is 43.2 Å². The van der Waals surface area contributed by atoms with E-state index in [0.29, 0.717) is 30.7 Å². The summed E-state index contributed by atoms with van der Waals surface area (Å²) >= 11 is 0. The molecule has 5 heteroatoms. The van der Waals surface area contributed by atoms with Crippen LogP contribution in [0.2, 0.25) is 0 Å². The summed E-state index contributed by atoms with van der Waals surface area (Å²) in [6.07, 6.45) is 9.45. The molecule has 0 saturated heterocycles. The van der Waals surface area contributed by atoms with Gasteiger partial charge in [0.05, 0.1) is 18.8 Å². The van der Waals surface area contributed by atoms with Crippen LogP contribution in [0.15, 0.2) is 54.6 Å². The van der Waals surface area contributed by atoms with Crippen LogP contribution in [0.4, 0.5) is 0 Å². The molecule has 0 aliphatic rings. The molecular formula is C37H47N3O2. The number of rotatable bonds is 15. The lowest BCUT2D eigenvalue weighted by atomic mass is 10.0. The van der Waals surface area contributed by atoms with Crippen LogP contribution in [-0.2, 0) is 0 Å². The summed E-state index contributed by atoms with van der Waals surface area (Å²) in [4.78, 5) is 15.0. The predicted octanol–water partition coefficient (Wildman–Crippen LogP) is 10.0. The van der Waals surface area contributed by atoms with Gasteiger partial charge in [0, 0.05) is 17.2 Å². The van der Waals surface area contributed by atoms with Gasteiger partial charge in [-0.15, -0.1) is 0 Å². The SMILES string of the molecule is CCCCCCCCOc1ccc(-c2nc(-c3ccc(C)cc3C)nc(-c3ccc(C)cc3C)n2)c(OCCCC)c1. The number of ether oxygens (including phenoxy) is 2. The molecule has 0 N–H and O–H groups in total. The van der Waals surface area contributed by atoms with Gasteiger partial charge in [-0.25, -0.2) is 15.0 Å². The quantitative estimate of drug-likeness (QED) is 0.134. The van der Waals surface area contributed by atoms with Crippen LogP contribution in [0.3, 0.4) is 0 Å². The average Bonchev–Trinajstić information content (AvgIpc) is 2.97. The van der Waals surface area contributed by atoms with Crippen molar-refractivity contribution in [3.63, 3.8) is 0 Å². The van der Waals surface area contributed by atoms with Crippen LogP contribution in [0.1, 0.15) is 87.5 Å². The Morgan fingerprint density at radius 1 is 0.500 bits per heavy atom. The number of unbranched alkanes of at least 4 members (excludes halogenated alkanes) is 6. The fraction of sp³-hybridized carbons (Fsp3) is 0.432. The first kappa shape index (κ1) is 31.2. The second-order valence-corrected chi connectivity index (χ2v) is 11.4. The number of nitrogens with zero attached hydrogens (tertiary/aromatic N) is 3. The molecule has 222 valence electrons. The minimum atomic E-state index is 0.601. The zero-order valence-corrected chi connectivity index (χ0v) is 26.4. The van der Waals surface area contributed by atoms with Crippen molar-refractivity contribution in [2.45, 2.75) is 92.9 Å². The van der Waals surface area contributed by atoms with Crippen molar-refractivity contribution in [1.29, 1.82) is 0 Å². The lowest BCUT2D eigenvalue weighted by molar-refractivity contribution is 0.292. The summed E-state index contributed by atoms with van der Waals surface area (Å²) in [7, 11) is 0. The van der Waals surface area contributed by atoms with Crippen molar-refractivity contribution in [2.75, 3.05) is 13.2 Å². The minimum absolute atomic E-state index is 0.601. The molecule has 5 nitrogen and oxygen atoms in total. The third kappa shape index (κ3) is 8.40. The van der Waals surface area contributed by atoms with Gasteiger partial charge in [-0.3, -0.25) is 0 Å². The largest absolute Gasteiger partial charge is 0.493 e. The maximum absolute atomic E-state index is 6.33. The second kappa shape index (κ2) is 15.5. The maximum atomic E-state index is 6.33. The van der Waals surface area contributed by atoms with Crippen molar-refractivity contribution < 1.29 is 9.47 Å². The van der Waals surface area contributed by atoms with Gasteiger partial charge in [-0.2, -0.15) is 0 Å². The molecule has 3 aromatic carbocycles. The Labute approximate surface area is 252 Å². The number of aromatic nitrogens is 3. The number of benzene rings is 3. The van der Waals surface area contributed by atoms with Crippen LogP contribution >= 0.6 is 0 Å². The van der Waals surface area contributed by atoms with E-state index in [4.69, 9.17) is 24.4 Å². The van der Waals surface area contributed by atoms with E-state index in [0.717, 1.165) is 58.6 Å². The first-order chi connectivity index (χ1) is 20.4. The Kier molecular flexibility index (Phi) is 11.5. The molecule has 42 heavy (non-hydrogen) atoms. The van der Waals surface area contributed by atoms with Crippen LogP contribution < -0.4 is 9.47 Å². The summed E-state index contributed by atoms with van der Waals surface area (Å²) in [6.45, 7) is 14.2. The normalized spacial score (nSPS) is 11.1. The highest BCUT2D eigenvalue weighted by molar-refractivity contribution is 5.72. The Morgan fingerprint density at radius 3 is 1.57 bits per heavy atom. The van der Waals surface area contributed by atoms with E-state index in [9.17, 15) is 0 Å². The molecule has 0 spiro atoms. The van der Waals surface area contributed by atoms with Crippen LogP contribution in [0.25, 0.3) is 34.2 Å². The third-order valence-electron chi connectivity index (χ3n) is 7.60. The summed E-state index contributed by atoms with van der Waals surface area (Å²) in [6, 6.07) is 18.8. The van der Waals surface area contributed by atoms with E-state index < -0.39 is 0 Å². The fourth-order valence-corrected chi connectivity index (χ4v) is 5.16. The zero-order chi connectivity index (χ0) is 29.9. The van der Waals surface area contributed by atoms with Gasteiger partial charge in [0.1, 0.15) is 11.5 Å². The van der Waals surface area contributed by atoms with E-state index in [2.05, 4.69) is 77.9 Å². The van der Waals surface area contributed by atoms with Crippen LogP contribution in [0.5, 0.6) is 11.5 Å². The molecule has 1 aromatic heterocycles. The molecule has 0 bridgehead atoms. The fourth-order valence-electron chi connectivity index (χ4n) is 5.16. The van der Waals surface area contributed by atoms with Gasteiger partial charge in [0.15, 0.2) is 17.5 Å². The Bertz CT molecular complexity index is 1390. The molecule has 0 unspecified atom stereocenters. The summed E-state index contributed by atoms with van der Waals surface area (Å²) in [5.41, 5.74) is 7.54. The molecule has 0 amide bonds. The van der Waals surface area contributed by atoms with Crippen molar-refractivity contribution >= 4 is 0 Å². The van der Waals surface area contributed by atoms with Gasteiger partial charge in [0.25, 0.3) is 0 Å². The maximum Gasteiger partial charge on any atom is 0.167 e. The topological polar surface area (TPSA) is 57.1 Å². The van der Waals surface area contributed by atoms with Crippen molar-refractivity contribution in [1.82, 2.24) is 15.0 Å². The van der Waals surface area contributed by atoms with Crippen molar-refractivity contribution in [3.8, 4) is 45.7 Å². The highest BCUT2D eigenvalue weighted by atomic mass is 16.5. The van der Waals surface area contributed by atoms with Gasteiger partial charge in [-0.05, 0) is 63.8 Å². The van der Waals surface area contributed by atoms with Gasteiger partial charge in [0.2, 0.25) is 0 Å². The van der Waals surface area contributed by atoms with Gasteiger partial charge in [-0.1, -0.05) is 99.9 Å². The molecule has 0 aliphatic carbocycles. The van der Waals surface area contributed by atoms with Crippen LogP contribution in [0, 0.1) is 27.7 Å². The van der Waals surface area contributed by atoms with E-state index >= 15 is 0 Å². The molecule has 4 rings (SSSR count). The smallest absolute Gasteiger partial charge is 0.167 e. The summed E-state index contributed by atoms with van der Waals surface area (Å²) in [5, 5.41) is 0. The zero-order valence-electron chi connectivity index (χ0n) is 26.4. The Hall–Kier alpha value is -3.73. The van der Waals surface area contributed by atoms with Crippen LogP contribution in [-0.4, -0.2) is 28.2 Å². The molecular weight excluding hydrogens is 518 g/mol. The lowest BCUT2D eigenvalue weighted by Gasteiger charge is -2.15. The molecule has 0 saturated carbocycles. The molecule has 0 atom stereocenters. The van der Waals surface area contributed by atoms with E-state index in [1.807, 2.05) is 18.2 Å². The highest BCUT2D eigenvalue weighted by Crippen LogP contribution is 2.35. The second-order valence-electron chi connectivity index (χ2n) is 11.4. The molecule has 0 radical (unpaired) electrons. The monoisotopic (exact) mass is 565 g/mol.